The molecule has 0 saturated heterocycles. The van der Waals surface area contributed by atoms with Gasteiger partial charge >= 0.3 is 39.5 Å². The van der Waals surface area contributed by atoms with E-state index in [2.05, 4.69) is 48.5 Å². The van der Waals surface area contributed by atoms with E-state index in [9.17, 15) is 43.2 Å². The predicted molar refractivity (Wildman–Crippen MR) is 409 cm³/mol. The molecular weight excluding hydrogens is 1310 g/mol. The Morgan fingerprint density at radius 2 is 0.510 bits per heavy atom. The van der Waals surface area contributed by atoms with Crippen molar-refractivity contribution in [2.24, 2.45) is 17.8 Å². The van der Waals surface area contributed by atoms with Crippen molar-refractivity contribution in [3.8, 4) is 0 Å². The summed E-state index contributed by atoms with van der Waals surface area (Å²) in [6, 6.07) is 0. The van der Waals surface area contributed by atoms with Crippen LogP contribution in [0.5, 0.6) is 0 Å². The van der Waals surface area contributed by atoms with Gasteiger partial charge in [0.25, 0.3) is 0 Å². The number of aliphatic hydroxyl groups is 1. The summed E-state index contributed by atoms with van der Waals surface area (Å²) in [4.78, 5) is 73.0. The molecule has 0 aliphatic rings. The second-order valence-corrected chi connectivity index (χ2v) is 33.0. The quantitative estimate of drug-likeness (QED) is 0.0222. The van der Waals surface area contributed by atoms with Gasteiger partial charge in [-0.25, -0.2) is 9.13 Å². The number of ether oxygens (including phenoxy) is 4. The summed E-state index contributed by atoms with van der Waals surface area (Å²) in [5.74, 6) is 0.351. The zero-order chi connectivity index (χ0) is 73.7. The minimum Gasteiger partial charge on any atom is -0.462 e. The van der Waals surface area contributed by atoms with Crippen LogP contribution in [0.4, 0.5) is 0 Å². The monoisotopic (exact) mass is 1470 g/mol. The van der Waals surface area contributed by atoms with E-state index in [1.807, 2.05) is 0 Å². The third-order valence-corrected chi connectivity index (χ3v) is 21.5. The molecule has 0 spiro atoms. The Kier molecular flexibility index (Phi) is 69.9. The van der Waals surface area contributed by atoms with E-state index in [0.29, 0.717) is 25.7 Å². The van der Waals surface area contributed by atoms with Gasteiger partial charge < -0.3 is 33.8 Å². The molecule has 0 aliphatic carbocycles. The van der Waals surface area contributed by atoms with Gasteiger partial charge in [-0.2, -0.15) is 0 Å². The van der Waals surface area contributed by atoms with Crippen LogP contribution in [0.3, 0.4) is 0 Å². The average molecular weight is 1470 g/mol. The van der Waals surface area contributed by atoms with Crippen LogP contribution in [0.1, 0.15) is 421 Å². The molecule has 19 heteroatoms. The number of aliphatic hydroxyl groups excluding tert-OH is 1. The highest BCUT2D eigenvalue weighted by molar-refractivity contribution is 7.47. The van der Waals surface area contributed by atoms with Crippen LogP contribution in [0.15, 0.2) is 0 Å². The molecule has 594 valence electrons. The molecule has 0 amide bonds. The number of esters is 4. The maximum atomic E-state index is 13.1. The standard InChI is InChI=1S/C81H158O17P2/c1-8-11-12-13-14-15-34-41-48-55-62-78(83)91-68-76(98-81(86)65-58-51-44-37-30-24-25-31-38-45-52-59-72(4)5)70-95-99(87,88)93-66-75(82)67-94-100(89,90)96-71-77(97-80(85)64-57-50-43-36-29-23-19-17-21-27-33-40-47-54-61-74(7)10-3)69-92-79(84)63-56-49-42-35-28-22-18-16-20-26-32-39-46-53-60-73(6)9-2/h72-77,82H,8-71H2,1-7H3,(H,87,88)(H,89,90)/t73?,74?,75-,76+,77+/m0/s1. The van der Waals surface area contributed by atoms with Crippen LogP contribution >= 0.6 is 15.6 Å². The summed E-state index contributed by atoms with van der Waals surface area (Å²) in [5, 5.41) is 10.6. The van der Waals surface area contributed by atoms with Crippen molar-refractivity contribution < 1.29 is 80.2 Å². The van der Waals surface area contributed by atoms with E-state index in [-0.39, 0.29) is 25.7 Å². The lowest BCUT2D eigenvalue weighted by atomic mass is 9.99. The Morgan fingerprint density at radius 1 is 0.290 bits per heavy atom. The normalized spacial score (nSPS) is 14.5. The van der Waals surface area contributed by atoms with Gasteiger partial charge in [-0.1, -0.05) is 370 Å². The largest absolute Gasteiger partial charge is 0.472 e. The summed E-state index contributed by atoms with van der Waals surface area (Å²) >= 11 is 0. The fourth-order valence-corrected chi connectivity index (χ4v) is 14.0. The van der Waals surface area contributed by atoms with Crippen molar-refractivity contribution in [1.82, 2.24) is 0 Å². The minimum atomic E-state index is -4.96. The lowest BCUT2D eigenvalue weighted by Gasteiger charge is -2.21. The van der Waals surface area contributed by atoms with Gasteiger partial charge in [0.15, 0.2) is 12.2 Å². The first-order valence-electron chi connectivity index (χ1n) is 41.9. The van der Waals surface area contributed by atoms with E-state index in [0.717, 1.165) is 108 Å². The first-order valence-corrected chi connectivity index (χ1v) is 44.9. The van der Waals surface area contributed by atoms with Crippen molar-refractivity contribution >= 4 is 39.5 Å². The van der Waals surface area contributed by atoms with Gasteiger partial charge in [0.2, 0.25) is 0 Å². The first kappa shape index (κ1) is 98.1. The van der Waals surface area contributed by atoms with Gasteiger partial charge in [-0.15, -0.1) is 0 Å². The molecule has 7 atom stereocenters. The topological polar surface area (TPSA) is 237 Å². The van der Waals surface area contributed by atoms with E-state index >= 15 is 0 Å². The SMILES string of the molecule is CCCCCCCCCCCCC(=O)OC[C@H](COP(=O)(O)OC[C@H](O)COP(=O)(O)OC[C@@H](COC(=O)CCCCCCCCCCCCCCCCC(C)CC)OC(=O)CCCCCCCCCCCCCCCCC(C)CC)OC(=O)CCCCCCCCCCCCCC(C)C. The zero-order valence-corrected chi connectivity index (χ0v) is 67.5. The lowest BCUT2D eigenvalue weighted by Crippen LogP contribution is -2.30. The number of phosphoric acid groups is 2. The second kappa shape index (κ2) is 71.3. The highest BCUT2D eigenvalue weighted by Gasteiger charge is 2.30. The second-order valence-electron chi connectivity index (χ2n) is 30.1. The van der Waals surface area contributed by atoms with Crippen LogP contribution in [0.2, 0.25) is 0 Å². The smallest absolute Gasteiger partial charge is 0.462 e. The molecule has 100 heavy (non-hydrogen) atoms. The van der Waals surface area contributed by atoms with E-state index in [1.54, 1.807) is 0 Å². The van der Waals surface area contributed by atoms with Crippen molar-refractivity contribution in [1.29, 1.82) is 0 Å². The number of carbonyl (C=O) groups excluding carboxylic acids is 4. The minimum absolute atomic E-state index is 0.107. The molecule has 3 N–H and O–H groups in total. The molecule has 0 aliphatic heterocycles. The molecule has 17 nitrogen and oxygen atoms in total. The van der Waals surface area contributed by atoms with Gasteiger partial charge in [0, 0.05) is 25.7 Å². The average Bonchev–Trinajstić information content (AvgIpc) is 0.910. The fraction of sp³-hybridized carbons (Fsp3) is 0.951. The van der Waals surface area contributed by atoms with E-state index in [1.165, 1.54) is 231 Å². The molecule has 0 aromatic carbocycles. The Bertz CT molecular complexity index is 1940. The number of hydrogen-bond donors (Lipinski definition) is 3. The molecule has 0 saturated carbocycles. The van der Waals surface area contributed by atoms with Crippen LogP contribution in [0, 0.1) is 17.8 Å². The number of hydrogen-bond acceptors (Lipinski definition) is 15. The highest BCUT2D eigenvalue weighted by atomic mass is 31.2. The predicted octanol–water partition coefficient (Wildman–Crippen LogP) is 24.1. The Balaban J connectivity index is 5.25. The molecule has 0 radical (unpaired) electrons. The van der Waals surface area contributed by atoms with Crippen LogP contribution in [-0.2, 0) is 65.4 Å². The third kappa shape index (κ3) is 71.7. The van der Waals surface area contributed by atoms with Gasteiger partial charge in [-0.3, -0.25) is 37.3 Å². The molecule has 0 fully saturated rings. The van der Waals surface area contributed by atoms with Crippen LogP contribution in [0.25, 0.3) is 0 Å². The summed E-state index contributed by atoms with van der Waals surface area (Å²) < 4.78 is 68.7. The summed E-state index contributed by atoms with van der Waals surface area (Å²) in [6.45, 7) is 12.0. The fourth-order valence-electron chi connectivity index (χ4n) is 12.4. The molecule has 0 rings (SSSR count). The van der Waals surface area contributed by atoms with E-state index < -0.39 is 97.5 Å². The Hall–Kier alpha value is -1.94. The highest BCUT2D eigenvalue weighted by Crippen LogP contribution is 2.45. The van der Waals surface area contributed by atoms with Crippen LogP contribution in [-0.4, -0.2) is 96.7 Å². The van der Waals surface area contributed by atoms with Crippen molar-refractivity contribution in [3.63, 3.8) is 0 Å². The molecule has 0 heterocycles. The first-order chi connectivity index (χ1) is 48.3. The summed E-state index contributed by atoms with van der Waals surface area (Å²) in [7, 11) is -9.92. The third-order valence-electron chi connectivity index (χ3n) is 19.6. The summed E-state index contributed by atoms with van der Waals surface area (Å²) in [6.07, 6.45) is 59.4. The van der Waals surface area contributed by atoms with Crippen molar-refractivity contribution in [2.45, 2.75) is 439 Å². The summed E-state index contributed by atoms with van der Waals surface area (Å²) in [5.41, 5.74) is 0. The molecule has 0 bridgehead atoms. The van der Waals surface area contributed by atoms with Gasteiger partial charge in [-0.05, 0) is 43.4 Å². The van der Waals surface area contributed by atoms with Crippen molar-refractivity contribution in [2.75, 3.05) is 39.6 Å². The lowest BCUT2D eigenvalue weighted by molar-refractivity contribution is -0.161. The maximum absolute atomic E-state index is 13.1. The molecule has 0 aromatic rings. The number of rotatable bonds is 79. The van der Waals surface area contributed by atoms with Gasteiger partial charge in [0.05, 0.1) is 26.4 Å². The maximum Gasteiger partial charge on any atom is 0.472 e. The molecule has 0 aromatic heterocycles. The number of unbranched alkanes of at least 4 members (excludes halogenated alkanes) is 45. The van der Waals surface area contributed by atoms with Crippen LogP contribution < -0.4 is 0 Å². The van der Waals surface area contributed by atoms with E-state index in [4.69, 9.17) is 37.0 Å². The number of carbonyl (C=O) groups is 4. The van der Waals surface area contributed by atoms with Crippen molar-refractivity contribution in [3.05, 3.63) is 0 Å². The molecule has 4 unspecified atom stereocenters. The Labute approximate surface area is 613 Å². The zero-order valence-electron chi connectivity index (χ0n) is 65.7. The molecular formula is C81H158O17P2. The number of phosphoric ester groups is 2. The van der Waals surface area contributed by atoms with Gasteiger partial charge in [0.1, 0.15) is 19.3 Å². The Morgan fingerprint density at radius 3 is 0.760 bits per heavy atom.